The minimum Gasteiger partial charge on any atom is -0.469 e. The molecule has 0 aromatic heterocycles. The summed E-state index contributed by atoms with van der Waals surface area (Å²) in [7, 11) is 1.31. The van der Waals surface area contributed by atoms with Gasteiger partial charge in [-0.25, -0.2) is 0 Å². The highest BCUT2D eigenvalue weighted by Gasteiger charge is 2.27. The van der Waals surface area contributed by atoms with Gasteiger partial charge in [-0.15, -0.1) is 0 Å². The monoisotopic (exact) mass is 317 g/mol. The summed E-state index contributed by atoms with van der Waals surface area (Å²) in [6, 6.07) is 8.73. The molecule has 6 heteroatoms. The lowest BCUT2D eigenvalue weighted by atomic mass is 9.90. The summed E-state index contributed by atoms with van der Waals surface area (Å²) >= 11 is 0. The maximum absolute atomic E-state index is 12.4. The molecule has 6 nitrogen and oxygen atoms in total. The van der Waals surface area contributed by atoms with Crippen molar-refractivity contribution in [1.29, 1.82) is 0 Å². The highest BCUT2D eigenvalue weighted by atomic mass is 16.5. The molecule has 2 atom stereocenters. The van der Waals surface area contributed by atoms with Crippen molar-refractivity contribution in [3.63, 3.8) is 0 Å². The van der Waals surface area contributed by atoms with E-state index in [2.05, 4.69) is 10.0 Å². The van der Waals surface area contributed by atoms with Crippen LogP contribution in [0.4, 0.5) is 0 Å². The van der Waals surface area contributed by atoms with E-state index in [-0.39, 0.29) is 18.1 Å². The van der Waals surface area contributed by atoms with Gasteiger partial charge in [0.25, 0.3) is 0 Å². The van der Waals surface area contributed by atoms with Gasteiger partial charge in [-0.05, 0) is 29.9 Å². The largest absolute Gasteiger partial charge is 0.469 e. The molecule has 0 saturated heterocycles. The molecule has 124 valence electrons. The Morgan fingerprint density at radius 3 is 2.43 bits per heavy atom. The summed E-state index contributed by atoms with van der Waals surface area (Å²) in [6.07, 6.45) is 0.907. The normalized spacial score (nSPS) is 13.0. The molecule has 0 aliphatic heterocycles. The van der Waals surface area contributed by atoms with E-state index in [0.29, 0.717) is 12.8 Å². The van der Waals surface area contributed by atoms with Gasteiger partial charge in [0.05, 0.1) is 19.1 Å². The molecule has 1 aromatic rings. The fourth-order valence-electron chi connectivity index (χ4n) is 2.43. The number of azide groups is 1. The molecule has 0 aliphatic carbocycles. The van der Waals surface area contributed by atoms with Gasteiger partial charge >= 0.3 is 5.97 Å². The second kappa shape index (κ2) is 9.64. The third-order valence-corrected chi connectivity index (χ3v) is 3.56. The molecule has 23 heavy (non-hydrogen) atoms. The second-order valence-corrected chi connectivity index (χ2v) is 5.93. The molecule has 0 radical (unpaired) electrons. The SMILES string of the molecule is COC(=O)[C@@H](CC(=O)[C@H](CC(C)C)N=[N+]=[N-])Cc1ccccc1. The third-order valence-electron chi connectivity index (χ3n) is 3.56. The van der Waals surface area contributed by atoms with Crippen LogP contribution in [0.5, 0.6) is 0 Å². The lowest BCUT2D eigenvalue weighted by Gasteiger charge is -2.17. The van der Waals surface area contributed by atoms with Crippen molar-refractivity contribution >= 4 is 11.8 Å². The highest BCUT2D eigenvalue weighted by Crippen LogP contribution is 2.19. The van der Waals surface area contributed by atoms with Crippen molar-refractivity contribution in [1.82, 2.24) is 0 Å². The number of carbonyl (C=O) groups is 2. The fourth-order valence-corrected chi connectivity index (χ4v) is 2.43. The third kappa shape index (κ3) is 6.53. The number of ketones is 1. The summed E-state index contributed by atoms with van der Waals surface area (Å²) in [5, 5.41) is 3.59. The quantitative estimate of drug-likeness (QED) is 0.301. The number of hydrogen-bond acceptors (Lipinski definition) is 4. The first-order valence-electron chi connectivity index (χ1n) is 7.66. The van der Waals surface area contributed by atoms with Crippen LogP contribution >= 0.6 is 0 Å². The Balaban J connectivity index is 2.84. The van der Waals surface area contributed by atoms with Crippen molar-refractivity contribution in [3.05, 3.63) is 46.3 Å². The number of nitrogens with zero attached hydrogens (tertiary/aromatic N) is 3. The predicted molar refractivity (Wildman–Crippen MR) is 87.7 cm³/mol. The Morgan fingerprint density at radius 2 is 1.91 bits per heavy atom. The summed E-state index contributed by atoms with van der Waals surface area (Å²) in [4.78, 5) is 27.1. The standard InChI is InChI=1S/C17H23N3O3/c1-12(2)9-15(19-20-18)16(21)11-14(17(22)23-3)10-13-7-5-4-6-8-13/h4-8,12,14-15H,9-11H2,1-3H3/t14-,15+/m1/s1. The molecule has 0 spiro atoms. The Kier molecular flexibility index (Phi) is 7.84. The van der Waals surface area contributed by atoms with Crippen LogP contribution in [0, 0.1) is 11.8 Å². The molecule has 1 rings (SSSR count). The van der Waals surface area contributed by atoms with Gasteiger partial charge in [-0.1, -0.05) is 49.3 Å². The van der Waals surface area contributed by atoms with E-state index in [9.17, 15) is 9.59 Å². The van der Waals surface area contributed by atoms with Crippen LogP contribution in [-0.4, -0.2) is 24.9 Å². The molecule has 0 saturated carbocycles. The van der Waals surface area contributed by atoms with Crippen LogP contribution in [0.2, 0.25) is 0 Å². The summed E-state index contributed by atoms with van der Waals surface area (Å²) in [6.45, 7) is 3.91. The molecule has 1 aromatic carbocycles. The van der Waals surface area contributed by atoms with Crippen molar-refractivity contribution in [2.75, 3.05) is 7.11 Å². The van der Waals surface area contributed by atoms with Crippen molar-refractivity contribution < 1.29 is 14.3 Å². The molecular formula is C17H23N3O3. The van der Waals surface area contributed by atoms with Gasteiger partial charge in [0.1, 0.15) is 5.78 Å². The lowest BCUT2D eigenvalue weighted by molar-refractivity contribution is -0.147. The Labute approximate surface area is 136 Å². The summed E-state index contributed by atoms with van der Waals surface area (Å²) < 4.78 is 4.81. The highest BCUT2D eigenvalue weighted by molar-refractivity contribution is 5.88. The zero-order chi connectivity index (χ0) is 17.2. The topological polar surface area (TPSA) is 92.1 Å². The van der Waals surface area contributed by atoms with Crippen molar-refractivity contribution in [2.24, 2.45) is 17.0 Å². The van der Waals surface area contributed by atoms with Gasteiger partial charge in [0, 0.05) is 11.3 Å². The maximum atomic E-state index is 12.4. The number of hydrogen-bond donors (Lipinski definition) is 0. The Hall–Kier alpha value is -2.33. The zero-order valence-electron chi connectivity index (χ0n) is 13.8. The van der Waals surface area contributed by atoms with Crippen LogP contribution < -0.4 is 0 Å². The summed E-state index contributed by atoms with van der Waals surface area (Å²) in [5.74, 6) is -0.993. The zero-order valence-corrected chi connectivity index (χ0v) is 13.8. The van der Waals surface area contributed by atoms with E-state index in [1.54, 1.807) is 0 Å². The number of esters is 1. The van der Waals surface area contributed by atoms with Crippen LogP contribution in [0.1, 0.15) is 32.3 Å². The minimum absolute atomic E-state index is 0.0119. The van der Waals surface area contributed by atoms with Crippen LogP contribution in [-0.2, 0) is 20.7 Å². The van der Waals surface area contributed by atoms with E-state index in [4.69, 9.17) is 10.3 Å². The number of Topliss-reactive ketones (excluding diaryl/α,β-unsaturated/α-hetero) is 1. The number of rotatable bonds is 9. The van der Waals surface area contributed by atoms with Crippen molar-refractivity contribution in [3.8, 4) is 0 Å². The Bertz CT molecular complexity index is 566. The lowest BCUT2D eigenvalue weighted by Crippen LogP contribution is -2.28. The number of carbonyl (C=O) groups excluding carboxylic acids is 2. The molecule has 0 amide bonds. The maximum Gasteiger partial charge on any atom is 0.309 e. The van der Waals surface area contributed by atoms with Gasteiger partial charge in [0.15, 0.2) is 0 Å². The van der Waals surface area contributed by atoms with Crippen LogP contribution in [0.25, 0.3) is 10.4 Å². The van der Waals surface area contributed by atoms with Crippen LogP contribution in [0.3, 0.4) is 0 Å². The first-order valence-corrected chi connectivity index (χ1v) is 7.66. The number of ether oxygens (including phenoxy) is 1. The van der Waals surface area contributed by atoms with Gasteiger partial charge in [0.2, 0.25) is 0 Å². The molecule has 0 bridgehead atoms. The van der Waals surface area contributed by atoms with Gasteiger partial charge in [-0.2, -0.15) is 0 Å². The average molecular weight is 317 g/mol. The van der Waals surface area contributed by atoms with E-state index in [1.807, 2.05) is 44.2 Å². The average Bonchev–Trinajstić information content (AvgIpc) is 2.53. The molecule has 0 N–H and O–H groups in total. The van der Waals surface area contributed by atoms with E-state index in [1.165, 1.54) is 7.11 Å². The summed E-state index contributed by atoms with van der Waals surface area (Å²) in [5.41, 5.74) is 9.60. The molecular weight excluding hydrogens is 294 g/mol. The van der Waals surface area contributed by atoms with E-state index < -0.39 is 17.9 Å². The first-order chi connectivity index (χ1) is 11.0. The minimum atomic E-state index is -0.733. The van der Waals surface area contributed by atoms with Crippen LogP contribution in [0.15, 0.2) is 35.4 Å². The first kappa shape index (κ1) is 18.7. The smallest absolute Gasteiger partial charge is 0.309 e. The molecule has 0 unspecified atom stereocenters. The number of methoxy groups -OCH3 is 1. The second-order valence-electron chi connectivity index (χ2n) is 5.93. The van der Waals surface area contributed by atoms with Gasteiger partial charge in [-0.3, -0.25) is 9.59 Å². The Morgan fingerprint density at radius 1 is 1.26 bits per heavy atom. The predicted octanol–water partition coefficient (Wildman–Crippen LogP) is 3.70. The number of benzene rings is 1. The van der Waals surface area contributed by atoms with Crippen molar-refractivity contribution in [2.45, 2.75) is 39.2 Å². The van der Waals surface area contributed by atoms with E-state index >= 15 is 0 Å². The molecule has 0 heterocycles. The van der Waals surface area contributed by atoms with E-state index in [0.717, 1.165) is 5.56 Å². The molecule has 0 fully saturated rings. The molecule has 0 aliphatic rings. The van der Waals surface area contributed by atoms with Gasteiger partial charge < -0.3 is 4.74 Å². The fraction of sp³-hybridized carbons (Fsp3) is 0.529.